The molecule has 0 bridgehead atoms. The van der Waals surface area contributed by atoms with Crippen molar-refractivity contribution in [1.82, 2.24) is 10.2 Å². The van der Waals surface area contributed by atoms with Gasteiger partial charge in [0.1, 0.15) is 0 Å². The molecule has 2 rings (SSSR count). The van der Waals surface area contributed by atoms with Gasteiger partial charge in [0.2, 0.25) is 5.91 Å². The van der Waals surface area contributed by atoms with E-state index in [0.717, 1.165) is 18.7 Å². The summed E-state index contributed by atoms with van der Waals surface area (Å²) >= 11 is 6.07. The molecule has 8 heteroatoms. The van der Waals surface area contributed by atoms with Gasteiger partial charge in [-0.05, 0) is 17.7 Å². The molecule has 126 valence electrons. The van der Waals surface area contributed by atoms with Crippen LogP contribution in [0.25, 0.3) is 0 Å². The second-order valence-corrected chi connectivity index (χ2v) is 5.16. The summed E-state index contributed by atoms with van der Waals surface area (Å²) in [6, 6.07) is 7.83. The van der Waals surface area contributed by atoms with Gasteiger partial charge in [0.05, 0.1) is 25.8 Å². The third-order valence-electron chi connectivity index (χ3n) is 3.40. The molecule has 1 unspecified atom stereocenters. The number of hydrogen-bond donors (Lipinski definition) is 2. The quantitative estimate of drug-likeness (QED) is 0.827. The first-order chi connectivity index (χ1) is 9.70. The Hall–Kier alpha value is -0.560. The van der Waals surface area contributed by atoms with E-state index in [1.54, 1.807) is 0 Å². The Kier molecular flexibility index (Phi) is 10.8. The summed E-state index contributed by atoms with van der Waals surface area (Å²) in [7, 11) is 0. The molecule has 1 saturated heterocycles. The normalized spacial score (nSPS) is 16.1. The zero-order chi connectivity index (χ0) is 14.4. The van der Waals surface area contributed by atoms with Crippen molar-refractivity contribution in [2.24, 2.45) is 5.73 Å². The second-order valence-electron chi connectivity index (χ2n) is 4.73. The fourth-order valence-corrected chi connectivity index (χ4v) is 2.54. The molecule has 1 aliphatic heterocycles. The number of morpholine rings is 1. The van der Waals surface area contributed by atoms with Crippen LogP contribution >= 0.6 is 36.4 Å². The van der Waals surface area contributed by atoms with Crippen molar-refractivity contribution < 1.29 is 9.53 Å². The highest BCUT2D eigenvalue weighted by molar-refractivity contribution is 6.30. The Morgan fingerprint density at radius 2 is 2.05 bits per heavy atom. The molecule has 1 aromatic carbocycles. The number of nitrogens with zero attached hydrogens (tertiary/aromatic N) is 1. The lowest BCUT2D eigenvalue weighted by atomic mass is 10.0. The Balaban J connectivity index is 0.00000220. The van der Waals surface area contributed by atoms with E-state index in [0.29, 0.717) is 24.8 Å². The van der Waals surface area contributed by atoms with Crippen LogP contribution in [0.3, 0.4) is 0 Å². The first kappa shape index (κ1) is 21.4. The molecule has 0 spiro atoms. The van der Waals surface area contributed by atoms with Crippen LogP contribution in [0, 0.1) is 0 Å². The van der Waals surface area contributed by atoms with Crippen LogP contribution in [-0.4, -0.2) is 50.2 Å². The highest BCUT2D eigenvalue weighted by Gasteiger charge is 2.23. The Bertz CT molecular complexity index is 457. The molecule has 1 aromatic rings. The van der Waals surface area contributed by atoms with Crippen molar-refractivity contribution in [1.29, 1.82) is 0 Å². The lowest BCUT2D eigenvalue weighted by molar-refractivity contribution is -0.120. The van der Waals surface area contributed by atoms with Crippen molar-refractivity contribution in [3.63, 3.8) is 0 Å². The first-order valence-corrected chi connectivity index (χ1v) is 7.12. The van der Waals surface area contributed by atoms with E-state index in [-0.39, 0.29) is 43.3 Å². The largest absolute Gasteiger partial charge is 0.379 e. The number of carbonyl (C=O) groups is 1. The van der Waals surface area contributed by atoms with E-state index in [1.807, 2.05) is 24.3 Å². The number of hydrogen-bond acceptors (Lipinski definition) is 4. The monoisotopic (exact) mass is 369 g/mol. The number of ether oxygens (including phenoxy) is 1. The lowest BCUT2D eigenvalue weighted by Gasteiger charge is -2.35. The minimum atomic E-state index is -0.148. The van der Waals surface area contributed by atoms with Crippen molar-refractivity contribution in [2.75, 3.05) is 39.4 Å². The zero-order valence-electron chi connectivity index (χ0n) is 12.2. The minimum Gasteiger partial charge on any atom is -0.379 e. The molecule has 0 aromatic heterocycles. The van der Waals surface area contributed by atoms with Gasteiger partial charge < -0.3 is 15.8 Å². The van der Waals surface area contributed by atoms with Crippen LogP contribution in [-0.2, 0) is 9.53 Å². The van der Waals surface area contributed by atoms with E-state index in [9.17, 15) is 4.79 Å². The van der Waals surface area contributed by atoms with E-state index < -0.39 is 0 Å². The van der Waals surface area contributed by atoms with Gasteiger partial charge in [0.15, 0.2) is 0 Å². The number of amides is 1. The van der Waals surface area contributed by atoms with Gasteiger partial charge >= 0.3 is 0 Å². The second kappa shape index (κ2) is 11.0. The van der Waals surface area contributed by atoms with Gasteiger partial charge in [-0.15, -0.1) is 24.8 Å². The fourth-order valence-electron chi connectivity index (χ4n) is 2.34. The van der Waals surface area contributed by atoms with Crippen LogP contribution in [0.5, 0.6) is 0 Å². The Morgan fingerprint density at radius 3 is 2.64 bits per heavy atom. The average Bonchev–Trinajstić information content (AvgIpc) is 2.48. The number of nitrogens with two attached hydrogens (primary N) is 1. The van der Waals surface area contributed by atoms with Gasteiger partial charge in [0, 0.05) is 24.7 Å². The predicted octanol–water partition coefficient (Wildman–Crippen LogP) is 1.63. The third kappa shape index (κ3) is 6.28. The molecule has 1 aliphatic rings. The molecule has 5 nitrogen and oxygen atoms in total. The van der Waals surface area contributed by atoms with Crippen LogP contribution in [0.4, 0.5) is 0 Å². The van der Waals surface area contributed by atoms with Crippen LogP contribution in [0.1, 0.15) is 11.6 Å². The number of rotatable bonds is 5. The molecule has 1 fully saturated rings. The SMILES string of the molecule is Cl.Cl.NCC(=O)NCC(c1cccc(Cl)c1)N1CCOCC1. The maximum atomic E-state index is 11.4. The lowest BCUT2D eigenvalue weighted by Crippen LogP contribution is -2.44. The van der Waals surface area contributed by atoms with Gasteiger partial charge in [-0.1, -0.05) is 23.7 Å². The molecule has 0 saturated carbocycles. The molecular weight excluding hydrogens is 349 g/mol. The minimum absolute atomic E-state index is 0. The van der Waals surface area contributed by atoms with E-state index in [2.05, 4.69) is 10.2 Å². The Morgan fingerprint density at radius 1 is 1.36 bits per heavy atom. The number of nitrogens with one attached hydrogen (secondary N) is 1. The molecule has 3 N–H and O–H groups in total. The third-order valence-corrected chi connectivity index (χ3v) is 3.63. The van der Waals surface area contributed by atoms with Crippen molar-refractivity contribution in [3.05, 3.63) is 34.9 Å². The molecule has 1 heterocycles. The van der Waals surface area contributed by atoms with Gasteiger partial charge in [-0.25, -0.2) is 0 Å². The average molecular weight is 371 g/mol. The maximum absolute atomic E-state index is 11.4. The van der Waals surface area contributed by atoms with E-state index in [1.165, 1.54) is 0 Å². The maximum Gasteiger partial charge on any atom is 0.233 e. The standard InChI is InChI=1S/C14H20ClN3O2.2ClH/c15-12-3-1-2-11(8-12)13(10-17-14(19)9-16)18-4-6-20-7-5-18;;/h1-3,8,13H,4-7,9-10,16H2,(H,17,19);2*1H. The highest BCUT2D eigenvalue weighted by atomic mass is 35.5. The molecular formula is C14H22Cl3N3O2. The molecule has 22 heavy (non-hydrogen) atoms. The summed E-state index contributed by atoms with van der Waals surface area (Å²) in [6.45, 7) is 3.64. The highest BCUT2D eigenvalue weighted by Crippen LogP contribution is 2.23. The number of halogens is 3. The summed E-state index contributed by atoms with van der Waals surface area (Å²) in [6.07, 6.45) is 0. The van der Waals surface area contributed by atoms with Crippen LogP contribution in [0.15, 0.2) is 24.3 Å². The predicted molar refractivity (Wildman–Crippen MR) is 93.1 cm³/mol. The van der Waals surface area contributed by atoms with Gasteiger partial charge in [-0.3, -0.25) is 9.69 Å². The van der Waals surface area contributed by atoms with Crippen molar-refractivity contribution >= 4 is 42.3 Å². The topological polar surface area (TPSA) is 67.6 Å². The Labute approximate surface area is 148 Å². The van der Waals surface area contributed by atoms with Crippen LogP contribution < -0.4 is 11.1 Å². The molecule has 0 radical (unpaired) electrons. The summed E-state index contributed by atoms with van der Waals surface area (Å²) in [5, 5.41) is 3.56. The van der Waals surface area contributed by atoms with Crippen molar-refractivity contribution in [2.45, 2.75) is 6.04 Å². The first-order valence-electron chi connectivity index (χ1n) is 6.74. The molecule has 1 amide bonds. The van der Waals surface area contributed by atoms with Gasteiger partial charge in [-0.2, -0.15) is 0 Å². The smallest absolute Gasteiger partial charge is 0.233 e. The summed E-state index contributed by atoms with van der Waals surface area (Å²) in [5.74, 6) is -0.148. The fraction of sp³-hybridized carbons (Fsp3) is 0.500. The zero-order valence-corrected chi connectivity index (χ0v) is 14.6. The molecule has 1 atom stereocenters. The van der Waals surface area contributed by atoms with Crippen LogP contribution in [0.2, 0.25) is 5.02 Å². The number of benzene rings is 1. The van der Waals surface area contributed by atoms with E-state index >= 15 is 0 Å². The van der Waals surface area contributed by atoms with Gasteiger partial charge in [0.25, 0.3) is 0 Å². The van der Waals surface area contributed by atoms with Crippen molar-refractivity contribution in [3.8, 4) is 0 Å². The summed E-state index contributed by atoms with van der Waals surface area (Å²) < 4.78 is 5.38. The molecule has 0 aliphatic carbocycles. The van der Waals surface area contributed by atoms with E-state index in [4.69, 9.17) is 22.1 Å². The summed E-state index contributed by atoms with van der Waals surface area (Å²) in [4.78, 5) is 13.7. The number of carbonyl (C=O) groups excluding carboxylic acids is 1. The summed E-state index contributed by atoms with van der Waals surface area (Å²) in [5.41, 5.74) is 6.43.